The van der Waals surface area contributed by atoms with E-state index in [-0.39, 0.29) is 16.6 Å². The highest BCUT2D eigenvalue weighted by Crippen LogP contribution is 2.30. The first kappa shape index (κ1) is 19.4. The SMILES string of the molecule is CCN(C(=O)c1ccc(OC)c(S(=O)(=O)N2CCCC2)c1)c1ccccc1. The zero-order chi connectivity index (χ0) is 19.4. The third-order valence-electron chi connectivity index (χ3n) is 4.72. The van der Waals surface area contributed by atoms with Gasteiger partial charge in [0, 0.05) is 30.9 Å². The molecule has 1 aliphatic heterocycles. The molecule has 1 heterocycles. The highest BCUT2D eigenvalue weighted by Gasteiger charge is 2.31. The number of hydrogen-bond donors (Lipinski definition) is 0. The summed E-state index contributed by atoms with van der Waals surface area (Å²) in [5.41, 5.74) is 1.09. The van der Waals surface area contributed by atoms with Crippen LogP contribution in [0.3, 0.4) is 0 Å². The predicted molar refractivity (Wildman–Crippen MR) is 105 cm³/mol. The fraction of sp³-hybridized carbons (Fsp3) is 0.350. The number of nitrogens with zero attached hydrogens (tertiary/aromatic N) is 2. The van der Waals surface area contributed by atoms with Gasteiger partial charge in [0.25, 0.3) is 5.91 Å². The van der Waals surface area contributed by atoms with Gasteiger partial charge in [0.1, 0.15) is 10.6 Å². The number of benzene rings is 2. The Morgan fingerprint density at radius 3 is 2.37 bits per heavy atom. The molecule has 3 rings (SSSR count). The summed E-state index contributed by atoms with van der Waals surface area (Å²) in [6, 6.07) is 13.9. The van der Waals surface area contributed by atoms with Crippen LogP contribution in [0.15, 0.2) is 53.4 Å². The van der Waals surface area contributed by atoms with Crippen LogP contribution in [-0.2, 0) is 10.0 Å². The Morgan fingerprint density at radius 2 is 1.78 bits per heavy atom. The predicted octanol–water partition coefficient (Wildman–Crippen LogP) is 3.15. The van der Waals surface area contributed by atoms with Crippen LogP contribution in [0.4, 0.5) is 5.69 Å². The van der Waals surface area contributed by atoms with Crippen molar-refractivity contribution < 1.29 is 17.9 Å². The smallest absolute Gasteiger partial charge is 0.258 e. The monoisotopic (exact) mass is 388 g/mol. The van der Waals surface area contributed by atoms with Crippen LogP contribution in [0.1, 0.15) is 30.1 Å². The molecular weight excluding hydrogens is 364 g/mol. The average molecular weight is 388 g/mol. The van der Waals surface area contributed by atoms with Crippen molar-refractivity contribution >= 4 is 21.6 Å². The van der Waals surface area contributed by atoms with Gasteiger partial charge < -0.3 is 9.64 Å². The molecule has 0 N–H and O–H groups in total. The maximum Gasteiger partial charge on any atom is 0.258 e. The van der Waals surface area contributed by atoms with E-state index in [1.807, 2.05) is 37.3 Å². The molecule has 27 heavy (non-hydrogen) atoms. The fourth-order valence-electron chi connectivity index (χ4n) is 3.29. The second kappa shape index (κ2) is 8.10. The minimum absolute atomic E-state index is 0.0434. The standard InChI is InChI=1S/C20H24N2O4S/c1-3-22(17-9-5-4-6-10-17)20(23)16-11-12-18(26-2)19(15-16)27(24,25)21-13-7-8-14-21/h4-6,9-12,15H,3,7-8,13-14H2,1-2H3. The van der Waals surface area contributed by atoms with Gasteiger partial charge in [-0.3, -0.25) is 4.79 Å². The number of sulfonamides is 1. The number of rotatable bonds is 6. The first-order chi connectivity index (χ1) is 13.0. The van der Waals surface area contributed by atoms with Gasteiger partial charge in [-0.15, -0.1) is 0 Å². The Balaban J connectivity index is 2.01. The Bertz CT molecular complexity index is 907. The van der Waals surface area contributed by atoms with Gasteiger partial charge in [-0.2, -0.15) is 4.31 Å². The first-order valence-electron chi connectivity index (χ1n) is 9.04. The number of carbonyl (C=O) groups is 1. The summed E-state index contributed by atoms with van der Waals surface area (Å²) in [6.45, 7) is 3.35. The molecule has 0 radical (unpaired) electrons. The number of amides is 1. The number of para-hydroxylation sites is 1. The van der Waals surface area contributed by atoms with E-state index in [0.29, 0.717) is 25.2 Å². The molecule has 2 aromatic carbocycles. The molecule has 0 atom stereocenters. The topological polar surface area (TPSA) is 66.9 Å². The summed E-state index contributed by atoms with van der Waals surface area (Å²) in [6.07, 6.45) is 1.69. The van der Waals surface area contributed by atoms with Crippen molar-refractivity contribution in [2.45, 2.75) is 24.7 Å². The Kier molecular flexibility index (Phi) is 5.82. The molecule has 1 saturated heterocycles. The van der Waals surface area contributed by atoms with Crippen LogP contribution in [0.25, 0.3) is 0 Å². The molecule has 0 spiro atoms. The van der Waals surface area contributed by atoms with E-state index in [9.17, 15) is 13.2 Å². The van der Waals surface area contributed by atoms with E-state index < -0.39 is 10.0 Å². The number of hydrogen-bond acceptors (Lipinski definition) is 4. The van der Waals surface area contributed by atoms with E-state index in [0.717, 1.165) is 18.5 Å². The molecule has 1 fully saturated rings. The molecule has 7 heteroatoms. The lowest BCUT2D eigenvalue weighted by molar-refractivity contribution is 0.0988. The molecule has 0 saturated carbocycles. The van der Waals surface area contributed by atoms with Gasteiger partial charge in [-0.1, -0.05) is 18.2 Å². The third-order valence-corrected chi connectivity index (χ3v) is 6.64. The minimum atomic E-state index is -3.70. The van der Waals surface area contributed by atoms with E-state index in [1.54, 1.807) is 17.0 Å². The molecule has 0 unspecified atom stereocenters. The van der Waals surface area contributed by atoms with Crippen molar-refractivity contribution in [1.29, 1.82) is 0 Å². The number of ether oxygens (including phenoxy) is 1. The Morgan fingerprint density at radius 1 is 1.11 bits per heavy atom. The van der Waals surface area contributed by atoms with E-state index in [2.05, 4.69) is 0 Å². The lowest BCUT2D eigenvalue weighted by Gasteiger charge is -2.22. The molecule has 2 aromatic rings. The van der Waals surface area contributed by atoms with Gasteiger partial charge >= 0.3 is 0 Å². The minimum Gasteiger partial charge on any atom is -0.495 e. The molecule has 144 valence electrons. The van der Waals surface area contributed by atoms with Crippen molar-refractivity contribution in [3.63, 3.8) is 0 Å². The summed E-state index contributed by atoms with van der Waals surface area (Å²) in [4.78, 5) is 14.7. The Labute approximate surface area is 160 Å². The summed E-state index contributed by atoms with van der Waals surface area (Å²) < 4.78 is 32.8. The molecule has 6 nitrogen and oxygen atoms in total. The lowest BCUT2D eigenvalue weighted by atomic mass is 10.1. The normalized spacial score (nSPS) is 14.9. The lowest BCUT2D eigenvalue weighted by Crippen LogP contribution is -2.31. The average Bonchev–Trinajstić information content (AvgIpc) is 3.24. The third kappa shape index (κ3) is 3.84. The van der Waals surface area contributed by atoms with E-state index in [1.165, 1.54) is 17.5 Å². The number of carbonyl (C=O) groups excluding carboxylic acids is 1. The van der Waals surface area contributed by atoms with Crippen molar-refractivity contribution in [3.8, 4) is 5.75 Å². The quantitative estimate of drug-likeness (QED) is 0.762. The highest BCUT2D eigenvalue weighted by molar-refractivity contribution is 7.89. The van der Waals surface area contributed by atoms with Crippen LogP contribution in [0, 0.1) is 0 Å². The maximum absolute atomic E-state index is 13.1. The molecule has 0 aromatic heterocycles. The molecule has 1 amide bonds. The summed E-state index contributed by atoms with van der Waals surface area (Å²) in [5, 5.41) is 0. The van der Waals surface area contributed by atoms with Crippen molar-refractivity contribution in [2.24, 2.45) is 0 Å². The van der Waals surface area contributed by atoms with Crippen molar-refractivity contribution in [1.82, 2.24) is 4.31 Å². The van der Waals surface area contributed by atoms with Crippen LogP contribution < -0.4 is 9.64 Å². The second-order valence-corrected chi connectivity index (χ2v) is 8.27. The zero-order valence-electron chi connectivity index (χ0n) is 15.6. The zero-order valence-corrected chi connectivity index (χ0v) is 16.4. The number of anilines is 1. The second-order valence-electron chi connectivity index (χ2n) is 6.36. The molecular formula is C20H24N2O4S. The van der Waals surface area contributed by atoms with Crippen LogP contribution in [0.2, 0.25) is 0 Å². The van der Waals surface area contributed by atoms with Crippen molar-refractivity contribution in [3.05, 3.63) is 54.1 Å². The Hall–Kier alpha value is -2.38. The van der Waals surface area contributed by atoms with Gasteiger partial charge in [0.15, 0.2) is 0 Å². The van der Waals surface area contributed by atoms with Gasteiger partial charge in [-0.25, -0.2) is 8.42 Å². The van der Waals surface area contributed by atoms with Gasteiger partial charge in [0.2, 0.25) is 10.0 Å². The van der Waals surface area contributed by atoms with Gasteiger partial charge in [-0.05, 0) is 50.1 Å². The molecule has 0 bridgehead atoms. The maximum atomic E-state index is 13.1. The number of methoxy groups -OCH3 is 1. The van der Waals surface area contributed by atoms with Crippen molar-refractivity contribution in [2.75, 3.05) is 31.6 Å². The largest absolute Gasteiger partial charge is 0.495 e. The summed E-state index contributed by atoms with van der Waals surface area (Å²) in [5.74, 6) is 0.00503. The fourth-order valence-corrected chi connectivity index (χ4v) is 4.98. The van der Waals surface area contributed by atoms with E-state index in [4.69, 9.17) is 4.74 Å². The molecule has 0 aliphatic carbocycles. The first-order valence-corrected chi connectivity index (χ1v) is 10.5. The van der Waals surface area contributed by atoms with E-state index >= 15 is 0 Å². The van der Waals surface area contributed by atoms with Crippen LogP contribution >= 0.6 is 0 Å². The van der Waals surface area contributed by atoms with Crippen LogP contribution in [-0.4, -0.2) is 45.4 Å². The van der Waals surface area contributed by atoms with Gasteiger partial charge in [0.05, 0.1) is 7.11 Å². The summed E-state index contributed by atoms with van der Waals surface area (Å²) >= 11 is 0. The summed E-state index contributed by atoms with van der Waals surface area (Å²) in [7, 11) is -2.26. The van der Waals surface area contributed by atoms with Crippen LogP contribution in [0.5, 0.6) is 5.75 Å². The molecule has 1 aliphatic rings. The highest BCUT2D eigenvalue weighted by atomic mass is 32.2.